The summed E-state index contributed by atoms with van der Waals surface area (Å²) in [6.07, 6.45) is 4.21. The number of hydrogen-bond acceptors (Lipinski definition) is 4. The molecular formula is C10H13N2NaOS. The monoisotopic (exact) mass is 232 g/mol. The average molecular weight is 232 g/mol. The second-order valence-corrected chi connectivity index (χ2v) is 3.80. The fraction of sp³-hybridized carbons (Fsp3) is 0.500. The van der Waals surface area contributed by atoms with Gasteiger partial charge >= 0.3 is 29.6 Å². The van der Waals surface area contributed by atoms with Crippen LogP contribution in [0.5, 0.6) is 5.75 Å². The van der Waals surface area contributed by atoms with Crippen molar-refractivity contribution in [2.45, 2.75) is 17.7 Å². The molecular weight excluding hydrogens is 219 g/mol. The third-order valence-corrected chi connectivity index (χ3v) is 2.78. The summed E-state index contributed by atoms with van der Waals surface area (Å²) < 4.78 is 5.28. The molecule has 1 saturated heterocycles. The van der Waals surface area contributed by atoms with Crippen LogP contribution in [0.25, 0.3) is 0 Å². The summed E-state index contributed by atoms with van der Waals surface area (Å²) in [5, 5.41) is 0. The summed E-state index contributed by atoms with van der Waals surface area (Å²) >= 11 is 5.18. The van der Waals surface area contributed by atoms with Crippen LogP contribution in [0.4, 0.5) is 5.82 Å². The van der Waals surface area contributed by atoms with Gasteiger partial charge in [0.05, 0.1) is 7.11 Å². The van der Waals surface area contributed by atoms with Gasteiger partial charge in [0.1, 0.15) is 5.75 Å². The van der Waals surface area contributed by atoms with E-state index in [9.17, 15) is 0 Å². The number of pyridine rings is 1. The first kappa shape index (κ1) is 13.0. The normalized spacial score (nSPS) is 14.9. The number of aromatic nitrogens is 1. The zero-order valence-corrected chi connectivity index (χ0v) is 12.0. The topological polar surface area (TPSA) is 25.4 Å². The Morgan fingerprint density at radius 2 is 2.07 bits per heavy atom. The van der Waals surface area contributed by atoms with Crippen molar-refractivity contribution in [3.8, 4) is 5.75 Å². The van der Waals surface area contributed by atoms with Crippen LogP contribution in [0, 0.1) is 0 Å². The summed E-state index contributed by atoms with van der Waals surface area (Å²) in [5.41, 5.74) is 0. The van der Waals surface area contributed by atoms with Crippen molar-refractivity contribution < 1.29 is 34.3 Å². The number of ether oxygens (including phenoxy) is 1. The van der Waals surface area contributed by atoms with Gasteiger partial charge in [0.25, 0.3) is 0 Å². The molecule has 5 heteroatoms. The molecule has 0 saturated carbocycles. The van der Waals surface area contributed by atoms with Crippen LogP contribution in [0.3, 0.4) is 0 Å². The zero-order chi connectivity index (χ0) is 9.97. The Bertz CT molecular complexity index is 329. The minimum absolute atomic E-state index is 0. The van der Waals surface area contributed by atoms with Crippen LogP contribution >= 0.6 is 0 Å². The smallest absolute Gasteiger partial charge is 0.776 e. The maximum absolute atomic E-state index is 5.28. The predicted molar refractivity (Wildman–Crippen MR) is 57.9 cm³/mol. The average Bonchev–Trinajstić information content (AvgIpc) is 2.70. The molecule has 1 aliphatic rings. The summed E-state index contributed by atoms with van der Waals surface area (Å²) in [5.74, 6) is 1.64. The van der Waals surface area contributed by atoms with Crippen LogP contribution in [-0.2, 0) is 12.6 Å². The first-order valence-corrected chi connectivity index (χ1v) is 5.18. The molecule has 2 heterocycles. The van der Waals surface area contributed by atoms with Crippen molar-refractivity contribution in [2.24, 2.45) is 0 Å². The number of rotatable bonds is 2. The molecule has 0 amide bonds. The number of methoxy groups -OCH3 is 1. The number of nitrogens with zero attached hydrogens (tertiary/aromatic N) is 2. The van der Waals surface area contributed by atoms with Crippen molar-refractivity contribution in [3.63, 3.8) is 0 Å². The minimum Gasteiger partial charge on any atom is -0.776 e. The van der Waals surface area contributed by atoms with Crippen molar-refractivity contribution >= 4 is 18.4 Å². The van der Waals surface area contributed by atoms with Crippen molar-refractivity contribution in [1.82, 2.24) is 4.98 Å². The van der Waals surface area contributed by atoms with Crippen molar-refractivity contribution in [2.75, 3.05) is 25.1 Å². The molecule has 0 bridgehead atoms. The standard InChI is InChI=1S/C10H14N2OS.Na/c1-13-9-8(14)4-5-11-10(9)12-6-2-3-7-12;/h4-5H,2-3,6-7H2,1H3,(H,11,14);/q;+1/p-1. The van der Waals surface area contributed by atoms with Gasteiger partial charge in [-0.05, 0) is 12.8 Å². The maximum atomic E-state index is 5.28. The van der Waals surface area contributed by atoms with E-state index < -0.39 is 0 Å². The van der Waals surface area contributed by atoms with E-state index in [1.807, 2.05) is 0 Å². The van der Waals surface area contributed by atoms with Crippen LogP contribution in [-0.4, -0.2) is 25.2 Å². The molecule has 1 aromatic heterocycles. The molecule has 1 fully saturated rings. The molecule has 1 aromatic rings. The van der Waals surface area contributed by atoms with E-state index in [-0.39, 0.29) is 29.6 Å². The van der Waals surface area contributed by atoms with Crippen LogP contribution in [0.2, 0.25) is 0 Å². The summed E-state index contributed by atoms with van der Waals surface area (Å²) in [6.45, 7) is 2.12. The van der Waals surface area contributed by atoms with E-state index in [1.165, 1.54) is 12.8 Å². The summed E-state index contributed by atoms with van der Waals surface area (Å²) in [6, 6.07) is 1.80. The molecule has 76 valence electrons. The Morgan fingerprint density at radius 1 is 1.40 bits per heavy atom. The van der Waals surface area contributed by atoms with Crippen molar-refractivity contribution in [1.29, 1.82) is 0 Å². The molecule has 2 rings (SSSR count). The number of anilines is 1. The molecule has 0 aliphatic carbocycles. The molecule has 15 heavy (non-hydrogen) atoms. The molecule has 0 radical (unpaired) electrons. The quantitative estimate of drug-likeness (QED) is 0.463. The fourth-order valence-corrected chi connectivity index (χ4v) is 2.00. The largest absolute Gasteiger partial charge is 1.00 e. The zero-order valence-electron chi connectivity index (χ0n) is 9.19. The molecule has 1 aliphatic heterocycles. The molecule has 3 nitrogen and oxygen atoms in total. The van der Waals surface area contributed by atoms with Gasteiger partial charge in [0.15, 0.2) is 5.82 Å². The molecule has 0 spiro atoms. The van der Waals surface area contributed by atoms with E-state index in [1.54, 1.807) is 19.4 Å². The van der Waals surface area contributed by atoms with Gasteiger partial charge in [-0.1, -0.05) is 6.07 Å². The maximum Gasteiger partial charge on any atom is 1.00 e. The fourth-order valence-electron chi connectivity index (χ4n) is 1.77. The van der Waals surface area contributed by atoms with E-state index in [2.05, 4.69) is 9.88 Å². The SMILES string of the molecule is COc1c([S-])ccnc1N1CCCC1.[Na+]. The Balaban J connectivity index is 0.00000112. The van der Waals surface area contributed by atoms with E-state index >= 15 is 0 Å². The van der Waals surface area contributed by atoms with Crippen LogP contribution in [0.1, 0.15) is 12.8 Å². The third-order valence-electron chi connectivity index (χ3n) is 2.46. The minimum atomic E-state index is 0. The number of hydrogen-bond donors (Lipinski definition) is 0. The first-order chi connectivity index (χ1) is 6.83. The molecule has 0 aromatic carbocycles. The van der Waals surface area contributed by atoms with Gasteiger partial charge in [-0.25, -0.2) is 4.98 Å². The second-order valence-electron chi connectivity index (χ2n) is 3.36. The van der Waals surface area contributed by atoms with Gasteiger partial charge in [0, 0.05) is 19.3 Å². The van der Waals surface area contributed by atoms with Gasteiger partial charge in [0.2, 0.25) is 0 Å². The Hall–Kier alpha value is -0.0300. The molecule has 0 N–H and O–H groups in total. The molecule has 0 atom stereocenters. The first-order valence-electron chi connectivity index (χ1n) is 4.78. The van der Waals surface area contributed by atoms with Crippen molar-refractivity contribution in [3.05, 3.63) is 12.3 Å². The van der Waals surface area contributed by atoms with E-state index in [0.29, 0.717) is 0 Å². The second kappa shape index (κ2) is 5.89. The third kappa shape index (κ3) is 2.75. The van der Waals surface area contributed by atoms with Gasteiger partial charge in [-0.2, -0.15) is 0 Å². The van der Waals surface area contributed by atoms with Crippen LogP contribution in [0.15, 0.2) is 17.2 Å². The van der Waals surface area contributed by atoms with Gasteiger partial charge in [-0.3, -0.25) is 0 Å². The Kier molecular flexibility index (Phi) is 5.12. The summed E-state index contributed by atoms with van der Waals surface area (Å²) in [4.78, 5) is 7.30. The molecule has 0 unspecified atom stereocenters. The van der Waals surface area contributed by atoms with E-state index in [4.69, 9.17) is 17.4 Å². The van der Waals surface area contributed by atoms with E-state index in [0.717, 1.165) is 29.6 Å². The van der Waals surface area contributed by atoms with Gasteiger partial charge < -0.3 is 22.3 Å². The Labute approximate surface area is 118 Å². The van der Waals surface area contributed by atoms with Gasteiger partial charge in [-0.15, -0.1) is 4.90 Å². The predicted octanol–water partition coefficient (Wildman–Crippen LogP) is -1.40. The van der Waals surface area contributed by atoms with Crippen LogP contribution < -0.4 is 39.2 Å². The Morgan fingerprint density at radius 3 is 2.67 bits per heavy atom. The summed E-state index contributed by atoms with van der Waals surface area (Å²) in [7, 11) is 1.65.